The van der Waals surface area contributed by atoms with E-state index in [0.29, 0.717) is 4.99 Å². The van der Waals surface area contributed by atoms with Gasteiger partial charge in [0.1, 0.15) is 10.8 Å². The molecule has 0 fully saturated rings. The summed E-state index contributed by atoms with van der Waals surface area (Å²) < 4.78 is 1.81. The summed E-state index contributed by atoms with van der Waals surface area (Å²) in [6.45, 7) is 4.02. The Morgan fingerprint density at radius 2 is 2.14 bits per heavy atom. The molecule has 6 heteroatoms. The largest absolute Gasteiger partial charge is 0.389 e. The fourth-order valence-corrected chi connectivity index (χ4v) is 2.95. The molecule has 0 saturated heterocycles. The molecule has 0 amide bonds. The zero-order valence-electron chi connectivity index (χ0n) is 12.6. The van der Waals surface area contributed by atoms with Crippen LogP contribution in [-0.2, 0) is 7.05 Å². The van der Waals surface area contributed by atoms with Gasteiger partial charge in [-0.25, -0.2) is 0 Å². The maximum absolute atomic E-state index is 6.08. The van der Waals surface area contributed by atoms with Crippen LogP contribution in [0.3, 0.4) is 0 Å². The maximum Gasteiger partial charge on any atom is 0.137 e. The van der Waals surface area contributed by atoms with Crippen LogP contribution in [0.25, 0.3) is 0 Å². The van der Waals surface area contributed by atoms with Crippen molar-refractivity contribution in [2.45, 2.75) is 19.9 Å². The molecule has 0 aliphatic carbocycles. The summed E-state index contributed by atoms with van der Waals surface area (Å²) in [5.74, 6) is 0.910. The van der Waals surface area contributed by atoms with Crippen LogP contribution < -0.4 is 10.6 Å². The average Bonchev–Trinajstić information content (AvgIpc) is 2.71. The monoisotopic (exact) mass is 322 g/mol. The smallest absolute Gasteiger partial charge is 0.137 e. The van der Waals surface area contributed by atoms with Gasteiger partial charge in [-0.15, -0.1) is 0 Å². The number of aryl methyl sites for hydroxylation is 2. The molecular formula is C15H19ClN4S. The summed E-state index contributed by atoms with van der Waals surface area (Å²) >= 11 is 11.3. The lowest BCUT2D eigenvalue weighted by Gasteiger charge is -2.28. The predicted octanol–water partition coefficient (Wildman–Crippen LogP) is 3.21. The van der Waals surface area contributed by atoms with Crippen molar-refractivity contribution >= 4 is 34.6 Å². The van der Waals surface area contributed by atoms with Crippen molar-refractivity contribution in [2.24, 2.45) is 12.8 Å². The van der Waals surface area contributed by atoms with Crippen molar-refractivity contribution in [3.05, 3.63) is 46.1 Å². The van der Waals surface area contributed by atoms with Crippen molar-refractivity contribution in [3.63, 3.8) is 0 Å². The Kier molecular flexibility index (Phi) is 4.54. The van der Waals surface area contributed by atoms with Gasteiger partial charge in [0.2, 0.25) is 0 Å². The fraction of sp³-hybridized carbons (Fsp3) is 0.333. The van der Waals surface area contributed by atoms with Gasteiger partial charge in [-0.3, -0.25) is 4.68 Å². The molecule has 21 heavy (non-hydrogen) atoms. The van der Waals surface area contributed by atoms with Crippen LogP contribution in [0.5, 0.6) is 0 Å². The van der Waals surface area contributed by atoms with E-state index in [9.17, 15) is 0 Å². The third-order valence-electron chi connectivity index (χ3n) is 3.68. The highest BCUT2D eigenvalue weighted by Gasteiger charge is 2.23. The molecule has 0 aliphatic rings. The molecule has 1 atom stereocenters. The van der Waals surface area contributed by atoms with E-state index in [1.54, 1.807) is 0 Å². The Morgan fingerprint density at radius 3 is 2.71 bits per heavy atom. The normalized spacial score (nSPS) is 12.2. The molecule has 1 heterocycles. The Balaban J connectivity index is 2.45. The van der Waals surface area contributed by atoms with E-state index < -0.39 is 0 Å². The zero-order chi connectivity index (χ0) is 15.7. The average molecular weight is 323 g/mol. The van der Waals surface area contributed by atoms with Gasteiger partial charge in [0.25, 0.3) is 0 Å². The molecule has 0 bridgehead atoms. The van der Waals surface area contributed by atoms with Crippen LogP contribution in [0.1, 0.15) is 29.8 Å². The topological polar surface area (TPSA) is 47.1 Å². The van der Waals surface area contributed by atoms with E-state index in [4.69, 9.17) is 29.6 Å². The first-order chi connectivity index (χ1) is 9.82. The lowest BCUT2D eigenvalue weighted by Crippen LogP contribution is -2.26. The van der Waals surface area contributed by atoms with Crippen molar-refractivity contribution in [3.8, 4) is 0 Å². The Bertz CT molecular complexity index is 680. The van der Waals surface area contributed by atoms with Gasteiger partial charge in [0.05, 0.1) is 17.3 Å². The summed E-state index contributed by atoms with van der Waals surface area (Å²) in [6, 6.07) is 7.95. The van der Waals surface area contributed by atoms with Gasteiger partial charge in [-0.05, 0) is 31.5 Å². The van der Waals surface area contributed by atoms with Gasteiger partial charge >= 0.3 is 0 Å². The highest BCUT2D eigenvalue weighted by molar-refractivity contribution is 7.80. The van der Waals surface area contributed by atoms with Crippen LogP contribution in [0, 0.1) is 6.92 Å². The van der Waals surface area contributed by atoms with E-state index in [2.05, 4.69) is 23.0 Å². The van der Waals surface area contributed by atoms with Gasteiger partial charge in [-0.1, -0.05) is 36.0 Å². The lowest BCUT2D eigenvalue weighted by molar-refractivity contribution is 0.673. The first kappa shape index (κ1) is 15.8. The minimum absolute atomic E-state index is 0.117. The quantitative estimate of drug-likeness (QED) is 0.878. The predicted molar refractivity (Wildman–Crippen MR) is 92.1 cm³/mol. The van der Waals surface area contributed by atoms with Gasteiger partial charge < -0.3 is 10.6 Å². The minimum Gasteiger partial charge on any atom is -0.389 e. The van der Waals surface area contributed by atoms with Crippen LogP contribution in [0.4, 0.5) is 5.82 Å². The minimum atomic E-state index is 0.117. The second-order valence-electron chi connectivity index (χ2n) is 5.11. The summed E-state index contributed by atoms with van der Waals surface area (Å²) in [6.07, 6.45) is 0. The number of benzene rings is 1. The molecule has 2 N–H and O–H groups in total. The van der Waals surface area contributed by atoms with E-state index >= 15 is 0 Å². The first-order valence-electron chi connectivity index (χ1n) is 6.64. The van der Waals surface area contributed by atoms with E-state index in [0.717, 1.165) is 27.7 Å². The standard InChI is InChI=1S/C15H19ClN4S/c1-9-13(14(17)21)15(20(4)18-9)19(3)10(2)11-6-5-7-12(16)8-11/h5-8,10H,1-4H3,(H2,17,21). The number of nitrogens with two attached hydrogens (primary N) is 1. The summed E-state index contributed by atoms with van der Waals surface area (Å²) in [5.41, 5.74) is 8.64. The number of nitrogens with zero attached hydrogens (tertiary/aromatic N) is 3. The Hall–Kier alpha value is -1.59. The summed E-state index contributed by atoms with van der Waals surface area (Å²) in [5, 5.41) is 5.15. The molecule has 2 rings (SSSR count). The number of hydrogen-bond acceptors (Lipinski definition) is 3. The van der Waals surface area contributed by atoms with Crippen LogP contribution in [-0.4, -0.2) is 21.8 Å². The second kappa shape index (κ2) is 6.03. The van der Waals surface area contributed by atoms with E-state index in [1.807, 2.05) is 43.9 Å². The Labute approximate surface area is 135 Å². The second-order valence-corrected chi connectivity index (χ2v) is 5.99. The fourth-order valence-electron chi connectivity index (χ4n) is 2.51. The molecular weight excluding hydrogens is 304 g/mol. The van der Waals surface area contributed by atoms with Crippen molar-refractivity contribution in [1.29, 1.82) is 0 Å². The number of aromatic nitrogens is 2. The molecule has 4 nitrogen and oxygen atoms in total. The third-order valence-corrected chi connectivity index (χ3v) is 4.12. The molecule has 112 valence electrons. The molecule has 0 spiro atoms. The number of hydrogen-bond donors (Lipinski definition) is 1. The number of anilines is 1. The van der Waals surface area contributed by atoms with Crippen molar-refractivity contribution in [1.82, 2.24) is 9.78 Å². The highest BCUT2D eigenvalue weighted by atomic mass is 35.5. The molecule has 1 unspecified atom stereocenters. The number of thiocarbonyl (C=S) groups is 1. The third kappa shape index (κ3) is 3.04. The molecule has 0 saturated carbocycles. The van der Waals surface area contributed by atoms with Crippen molar-refractivity contribution < 1.29 is 0 Å². The first-order valence-corrected chi connectivity index (χ1v) is 7.43. The molecule has 0 radical (unpaired) electrons. The SMILES string of the molecule is Cc1nn(C)c(N(C)C(C)c2cccc(Cl)c2)c1C(N)=S. The molecule has 2 aromatic rings. The van der Waals surface area contributed by atoms with E-state index in [1.165, 1.54) is 0 Å². The molecule has 1 aromatic carbocycles. The van der Waals surface area contributed by atoms with Crippen LogP contribution in [0.2, 0.25) is 5.02 Å². The van der Waals surface area contributed by atoms with Crippen molar-refractivity contribution in [2.75, 3.05) is 11.9 Å². The van der Waals surface area contributed by atoms with Gasteiger partial charge in [0.15, 0.2) is 0 Å². The zero-order valence-corrected chi connectivity index (χ0v) is 14.2. The lowest BCUT2D eigenvalue weighted by atomic mass is 10.1. The van der Waals surface area contributed by atoms with Crippen LogP contribution >= 0.6 is 23.8 Å². The Morgan fingerprint density at radius 1 is 1.48 bits per heavy atom. The summed E-state index contributed by atoms with van der Waals surface area (Å²) in [4.78, 5) is 2.47. The highest BCUT2D eigenvalue weighted by Crippen LogP contribution is 2.30. The molecule has 0 aliphatic heterocycles. The number of halogens is 1. The van der Waals surface area contributed by atoms with Gasteiger partial charge in [0, 0.05) is 19.1 Å². The number of rotatable bonds is 4. The van der Waals surface area contributed by atoms with Crippen LogP contribution in [0.15, 0.2) is 24.3 Å². The summed E-state index contributed by atoms with van der Waals surface area (Å²) in [7, 11) is 3.90. The molecule has 1 aromatic heterocycles. The van der Waals surface area contributed by atoms with E-state index in [-0.39, 0.29) is 6.04 Å². The van der Waals surface area contributed by atoms with Gasteiger partial charge in [-0.2, -0.15) is 5.10 Å². The maximum atomic E-state index is 6.08.